The third-order valence-corrected chi connectivity index (χ3v) is 5.90. The molecular weight excluding hydrogens is 366 g/mol. The first-order chi connectivity index (χ1) is 12.2. The molecule has 11 heteroatoms. The van der Waals surface area contributed by atoms with Crippen LogP contribution in [-0.4, -0.2) is 61.6 Å². The van der Waals surface area contributed by atoms with Crippen LogP contribution in [0.25, 0.3) is 0 Å². The van der Waals surface area contributed by atoms with Gasteiger partial charge >= 0.3 is 5.97 Å². The van der Waals surface area contributed by atoms with E-state index >= 15 is 0 Å². The maximum atomic E-state index is 12.6. The molecule has 0 radical (unpaired) electrons. The monoisotopic (exact) mass is 387 g/mol. The molecule has 1 aromatic rings. The number of non-ortho nitro benzene ring substituents is 1. The van der Waals surface area contributed by atoms with Crippen LogP contribution in [0, 0.1) is 10.1 Å². The number of rotatable bonds is 9. The predicted octanol–water partition coefficient (Wildman–Crippen LogP) is 0.819. The van der Waals surface area contributed by atoms with Crippen molar-refractivity contribution in [2.24, 2.45) is 0 Å². The summed E-state index contributed by atoms with van der Waals surface area (Å²) in [6, 6.07) is 2.98. The Morgan fingerprint density at radius 3 is 2.62 bits per heavy atom. The van der Waals surface area contributed by atoms with Crippen LogP contribution in [0.3, 0.4) is 0 Å². The Hall–Kier alpha value is -2.24. The summed E-state index contributed by atoms with van der Waals surface area (Å²) < 4.78 is 32.6. The highest BCUT2D eigenvalue weighted by Gasteiger charge is 2.37. The molecule has 2 N–H and O–H groups in total. The van der Waals surface area contributed by atoms with Crippen LogP contribution in [0.15, 0.2) is 23.1 Å². The highest BCUT2D eigenvalue weighted by atomic mass is 32.2. The smallest absolute Gasteiger partial charge is 0.317 e. The van der Waals surface area contributed by atoms with E-state index in [1.165, 1.54) is 7.11 Å². The van der Waals surface area contributed by atoms with E-state index in [0.29, 0.717) is 19.4 Å². The van der Waals surface area contributed by atoms with Gasteiger partial charge in [0.05, 0.1) is 24.6 Å². The Balaban J connectivity index is 2.07. The fourth-order valence-electron chi connectivity index (χ4n) is 2.93. The van der Waals surface area contributed by atoms with E-state index in [0.717, 1.165) is 18.2 Å². The lowest BCUT2D eigenvalue weighted by atomic mass is 9.86. The van der Waals surface area contributed by atoms with Crippen molar-refractivity contribution in [3.63, 3.8) is 0 Å². The molecule has 10 nitrogen and oxygen atoms in total. The summed E-state index contributed by atoms with van der Waals surface area (Å²) in [5.41, 5.74) is -0.267. The number of nitrogens with zero attached hydrogens (tertiary/aromatic N) is 2. The van der Waals surface area contributed by atoms with E-state index in [2.05, 4.69) is 4.72 Å². The molecule has 1 aromatic carbocycles. The largest absolute Gasteiger partial charge is 0.495 e. The first-order valence-corrected chi connectivity index (χ1v) is 9.46. The number of nitro groups is 1. The van der Waals surface area contributed by atoms with E-state index in [1.54, 1.807) is 4.90 Å². The van der Waals surface area contributed by atoms with Gasteiger partial charge in [-0.15, -0.1) is 0 Å². The number of hydrogen-bond acceptors (Lipinski definition) is 7. The lowest BCUT2D eigenvalue weighted by Gasteiger charge is -2.42. The van der Waals surface area contributed by atoms with E-state index in [-0.39, 0.29) is 35.0 Å². The summed E-state index contributed by atoms with van der Waals surface area (Å²) >= 11 is 0. The van der Waals surface area contributed by atoms with Gasteiger partial charge in [0.15, 0.2) is 0 Å². The zero-order valence-corrected chi connectivity index (χ0v) is 15.2. The molecule has 0 atom stereocenters. The molecule has 0 heterocycles. The average molecular weight is 387 g/mol. The number of hydrogen-bond donors (Lipinski definition) is 2. The number of nitro benzene ring substituents is 1. The highest BCUT2D eigenvalue weighted by molar-refractivity contribution is 7.89. The summed E-state index contributed by atoms with van der Waals surface area (Å²) in [5.74, 6) is -1.03. The van der Waals surface area contributed by atoms with Gasteiger partial charge in [-0.1, -0.05) is 6.92 Å². The van der Waals surface area contributed by atoms with Gasteiger partial charge in [0.2, 0.25) is 10.0 Å². The number of methoxy groups -OCH3 is 1. The SMILES string of the molecule is CCN(CC(=O)O)C1CC(NS(=O)(=O)c2ccc([N+](=O)[O-])cc2OC)C1. The lowest BCUT2D eigenvalue weighted by molar-refractivity contribution is -0.385. The fourth-order valence-corrected chi connectivity index (χ4v) is 4.34. The van der Waals surface area contributed by atoms with Crippen molar-refractivity contribution >= 4 is 21.7 Å². The molecule has 0 saturated heterocycles. The molecule has 1 aliphatic rings. The molecule has 0 amide bonds. The van der Waals surface area contributed by atoms with Gasteiger partial charge in [0, 0.05) is 18.2 Å². The van der Waals surface area contributed by atoms with E-state index in [4.69, 9.17) is 9.84 Å². The van der Waals surface area contributed by atoms with E-state index in [9.17, 15) is 23.3 Å². The van der Waals surface area contributed by atoms with Crippen LogP contribution in [0.1, 0.15) is 19.8 Å². The summed E-state index contributed by atoms with van der Waals surface area (Å²) in [7, 11) is -2.68. The Labute approximate surface area is 151 Å². The van der Waals surface area contributed by atoms with Gasteiger partial charge in [-0.25, -0.2) is 13.1 Å². The quantitative estimate of drug-likeness (QED) is 0.469. The zero-order valence-electron chi connectivity index (χ0n) is 14.4. The van der Waals surface area contributed by atoms with Crippen LogP contribution in [0.4, 0.5) is 5.69 Å². The predicted molar refractivity (Wildman–Crippen MR) is 91.7 cm³/mol. The Morgan fingerprint density at radius 2 is 2.12 bits per heavy atom. The normalized spacial score (nSPS) is 19.8. The number of carboxylic acids is 1. The zero-order chi connectivity index (χ0) is 19.5. The Morgan fingerprint density at radius 1 is 1.46 bits per heavy atom. The maximum Gasteiger partial charge on any atom is 0.317 e. The summed E-state index contributed by atoms with van der Waals surface area (Å²) in [5, 5.41) is 19.7. The Kier molecular flexibility index (Phi) is 6.16. The summed E-state index contributed by atoms with van der Waals surface area (Å²) in [4.78, 5) is 22.6. The number of likely N-dealkylation sites (N-methyl/N-ethyl adjacent to an activating group) is 1. The first-order valence-electron chi connectivity index (χ1n) is 7.98. The second-order valence-corrected chi connectivity index (χ2v) is 7.67. The van der Waals surface area contributed by atoms with Crippen molar-refractivity contribution in [3.8, 4) is 5.75 Å². The topological polar surface area (TPSA) is 139 Å². The molecule has 0 unspecified atom stereocenters. The van der Waals surface area contributed by atoms with E-state index < -0.39 is 20.9 Å². The van der Waals surface area contributed by atoms with Gasteiger partial charge < -0.3 is 9.84 Å². The van der Waals surface area contributed by atoms with Gasteiger partial charge in [-0.2, -0.15) is 0 Å². The van der Waals surface area contributed by atoms with Gasteiger partial charge in [0.25, 0.3) is 5.69 Å². The number of carboxylic acid groups (broad SMARTS) is 1. The van der Waals surface area contributed by atoms with E-state index in [1.807, 2.05) is 6.92 Å². The van der Waals surface area contributed by atoms with Crippen molar-refractivity contribution in [1.82, 2.24) is 9.62 Å². The van der Waals surface area contributed by atoms with Gasteiger partial charge in [-0.05, 0) is 25.5 Å². The van der Waals surface area contributed by atoms with Crippen molar-refractivity contribution in [2.45, 2.75) is 36.7 Å². The lowest BCUT2D eigenvalue weighted by Crippen LogP contribution is -2.54. The maximum absolute atomic E-state index is 12.6. The van der Waals surface area contributed by atoms with Crippen molar-refractivity contribution in [1.29, 1.82) is 0 Å². The number of ether oxygens (including phenoxy) is 1. The molecule has 144 valence electrons. The minimum absolute atomic E-state index is 0.00237. The standard InChI is InChI=1S/C15H21N3O7S/c1-3-17(9-15(19)20)12-6-10(7-12)16-26(23,24)14-5-4-11(18(21)22)8-13(14)25-2/h4-5,8,10,12,16H,3,6-7,9H2,1-2H3,(H,19,20). The highest BCUT2D eigenvalue weighted by Crippen LogP contribution is 2.31. The van der Waals surface area contributed by atoms with Crippen molar-refractivity contribution < 1.29 is 28.0 Å². The van der Waals surface area contributed by atoms with Crippen LogP contribution in [0.2, 0.25) is 0 Å². The minimum atomic E-state index is -3.92. The van der Waals surface area contributed by atoms with Crippen LogP contribution in [0.5, 0.6) is 5.75 Å². The second-order valence-electron chi connectivity index (χ2n) is 5.99. The number of sulfonamides is 1. The molecule has 2 rings (SSSR count). The molecule has 0 aliphatic heterocycles. The van der Waals surface area contributed by atoms with Crippen molar-refractivity contribution in [2.75, 3.05) is 20.2 Å². The van der Waals surface area contributed by atoms with Crippen LogP contribution in [-0.2, 0) is 14.8 Å². The number of carbonyl (C=O) groups is 1. The molecular formula is C15H21N3O7S. The first kappa shape index (κ1) is 20.1. The number of benzene rings is 1. The average Bonchev–Trinajstić information content (AvgIpc) is 2.55. The number of aliphatic carboxylic acids is 1. The third-order valence-electron chi connectivity index (χ3n) is 4.34. The fraction of sp³-hybridized carbons (Fsp3) is 0.533. The molecule has 1 aliphatic carbocycles. The third kappa shape index (κ3) is 4.48. The van der Waals surface area contributed by atoms with Crippen LogP contribution < -0.4 is 9.46 Å². The summed E-state index contributed by atoms with van der Waals surface area (Å²) in [6.07, 6.45) is 0.991. The Bertz CT molecular complexity index is 790. The molecule has 1 saturated carbocycles. The van der Waals surface area contributed by atoms with Crippen LogP contribution >= 0.6 is 0 Å². The second kappa shape index (κ2) is 7.98. The van der Waals surface area contributed by atoms with Gasteiger partial charge in [-0.3, -0.25) is 19.8 Å². The summed E-state index contributed by atoms with van der Waals surface area (Å²) in [6.45, 7) is 2.33. The molecule has 26 heavy (non-hydrogen) atoms. The molecule has 0 bridgehead atoms. The molecule has 0 aromatic heterocycles. The minimum Gasteiger partial charge on any atom is -0.495 e. The molecule has 1 fully saturated rings. The molecule has 0 spiro atoms. The van der Waals surface area contributed by atoms with Gasteiger partial charge in [0.1, 0.15) is 10.6 Å². The number of nitrogens with one attached hydrogen (secondary N) is 1. The van der Waals surface area contributed by atoms with Crippen molar-refractivity contribution in [3.05, 3.63) is 28.3 Å².